The van der Waals surface area contributed by atoms with Crippen molar-refractivity contribution >= 4 is 71.2 Å². The normalized spacial score (nSPS) is 11.2. The minimum Gasteiger partial charge on any atom is -0.748 e. The molecule has 0 saturated carbocycles. The molecule has 1 radical (unpaired) electrons. The number of rotatable bonds is 17. The van der Waals surface area contributed by atoms with Gasteiger partial charge in [0.2, 0.25) is 11.8 Å². The van der Waals surface area contributed by atoms with Crippen LogP contribution in [0.25, 0.3) is 44.3 Å². The fraction of sp³-hybridized carbons (Fsp3) is 0.160. The first-order valence-corrected chi connectivity index (χ1v) is 25.3. The Balaban J connectivity index is 0.000000266. The molecule has 0 fully saturated rings. The SMILES string of the molecule is Fc1c[c-]c(-c2ccccn2)c(F)c1.Fc1c[c-]c(-c2ccccn2)c(F)c1.O=C(CCCCNC(=O)C(CS(=O)(=O)[O-])NC(=O)c1ccnc2c1ccc1cccnc12)NCCSSc1ccccn1.[Ir]. The number of aromatic nitrogens is 5. The van der Waals surface area contributed by atoms with Crippen molar-refractivity contribution < 1.29 is 65.0 Å². The van der Waals surface area contributed by atoms with Crippen LogP contribution in [0.15, 0.2) is 145 Å². The van der Waals surface area contributed by atoms with Crippen LogP contribution >= 0.6 is 21.6 Å². The van der Waals surface area contributed by atoms with Gasteiger partial charge in [-0.15, -0.1) is 24.3 Å². The number of hydrogen-bond acceptors (Lipinski definition) is 13. The minimum atomic E-state index is -4.85. The van der Waals surface area contributed by atoms with Crippen molar-refractivity contribution in [3.63, 3.8) is 0 Å². The number of pyridine rings is 5. The molecule has 72 heavy (non-hydrogen) atoms. The molecule has 8 aromatic rings. The average molecular weight is 1210 g/mol. The van der Waals surface area contributed by atoms with Crippen molar-refractivity contribution in [2.75, 3.05) is 24.6 Å². The fourth-order valence-corrected chi connectivity index (χ4v) is 8.87. The van der Waals surface area contributed by atoms with Crippen molar-refractivity contribution in [2.24, 2.45) is 0 Å². The summed E-state index contributed by atoms with van der Waals surface area (Å²) in [6.07, 6.45) is 9.00. The molecule has 375 valence electrons. The van der Waals surface area contributed by atoms with E-state index in [-0.39, 0.29) is 55.7 Å². The van der Waals surface area contributed by atoms with Gasteiger partial charge in [0.1, 0.15) is 11.1 Å². The molecule has 3 amide bonds. The van der Waals surface area contributed by atoms with Crippen molar-refractivity contribution in [2.45, 2.75) is 30.3 Å². The summed E-state index contributed by atoms with van der Waals surface area (Å²) in [6, 6.07) is 31.6. The van der Waals surface area contributed by atoms with Crippen molar-refractivity contribution in [1.82, 2.24) is 40.9 Å². The molecule has 1 atom stereocenters. The maximum absolute atomic E-state index is 13.2. The zero-order valence-corrected chi connectivity index (χ0v) is 42.4. The second-order valence-electron chi connectivity index (χ2n) is 14.8. The zero-order valence-electron chi connectivity index (χ0n) is 37.6. The monoisotopic (exact) mass is 1210 g/mol. The molecule has 5 heterocycles. The number of benzene rings is 3. The van der Waals surface area contributed by atoms with Gasteiger partial charge in [0.15, 0.2) is 0 Å². The largest absolute Gasteiger partial charge is 0.748 e. The molecule has 22 heteroatoms. The smallest absolute Gasteiger partial charge is 0.252 e. The molecule has 0 spiro atoms. The van der Waals surface area contributed by atoms with Gasteiger partial charge in [-0.05, 0) is 71.4 Å². The molecule has 0 aliphatic rings. The summed E-state index contributed by atoms with van der Waals surface area (Å²) in [5, 5.41) is 9.94. The topological polar surface area (TPSA) is 209 Å². The summed E-state index contributed by atoms with van der Waals surface area (Å²) in [6.45, 7) is 0.633. The molecule has 0 aliphatic carbocycles. The standard InChI is InChI=1S/C28H30N6O6S3.2C11H6F2N.Ir/c35-23(29-16-17-41-42-24-8-2-4-12-30-24)7-1-3-13-33-28(37)22(18-43(38,39)40)34-27(36)21-11-15-32-26-20(21)10-9-19-6-5-14-31-25(19)26;2*12-8-4-5-9(10(13)7-8)11-3-1-2-6-14-11;/h2,4-6,8-12,14-15,22H,1,3,7,13,16-18H2,(H,29,35)(H,33,37)(H,34,36)(H,38,39,40);2*1-4,6-7H;/q;2*-1;/p-1. The summed E-state index contributed by atoms with van der Waals surface area (Å²) < 4.78 is 86.1. The molecular weight excluding hydrogens is 1170 g/mol. The van der Waals surface area contributed by atoms with E-state index in [1.54, 1.807) is 90.2 Å². The molecule has 0 aliphatic heterocycles. The number of halogens is 4. The molecule has 1 unspecified atom stereocenters. The van der Waals surface area contributed by atoms with E-state index in [0.717, 1.165) is 34.7 Å². The van der Waals surface area contributed by atoms with Gasteiger partial charge < -0.3 is 30.5 Å². The first-order valence-electron chi connectivity index (χ1n) is 21.4. The van der Waals surface area contributed by atoms with Gasteiger partial charge >= 0.3 is 0 Å². The number of unbranched alkanes of at least 4 members (excludes halogenated alkanes) is 1. The molecule has 5 aromatic heterocycles. The predicted molar refractivity (Wildman–Crippen MR) is 262 cm³/mol. The number of hydrogen-bond donors (Lipinski definition) is 3. The number of carbonyl (C=O) groups excluding carboxylic acids is 3. The van der Waals surface area contributed by atoms with E-state index in [1.165, 1.54) is 23.1 Å². The Labute approximate surface area is 433 Å². The molecule has 3 aromatic carbocycles. The van der Waals surface area contributed by atoms with Crippen LogP contribution < -0.4 is 16.0 Å². The van der Waals surface area contributed by atoms with E-state index in [0.29, 0.717) is 52.9 Å². The number of nitrogens with zero attached hydrogens (tertiary/aromatic N) is 5. The number of nitrogens with one attached hydrogen (secondary N) is 3. The Hall–Kier alpha value is -6.68. The van der Waals surface area contributed by atoms with E-state index in [9.17, 15) is 44.9 Å². The fourth-order valence-electron chi connectivity index (χ4n) is 6.44. The van der Waals surface area contributed by atoms with Crippen molar-refractivity contribution in [3.8, 4) is 22.5 Å². The van der Waals surface area contributed by atoms with Gasteiger partial charge in [0, 0.05) is 110 Å². The second-order valence-corrected chi connectivity index (χ2v) is 18.7. The maximum atomic E-state index is 13.2. The van der Waals surface area contributed by atoms with Gasteiger partial charge in [-0.3, -0.25) is 41.9 Å². The third kappa shape index (κ3) is 17.6. The van der Waals surface area contributed by atoms with E-state index >= 15 is 0 Å². The van der Waals surface area contributed by atoms with E-state index in [4.69, 9.17) is 0 Å². The summed E-state index contributed by atoms with van der Waals surface area (Å²) in [5.74, 6) is -4.65. The second kappa shape index (κ2) is 28.4. The van der Waals surface area contributed by atoms with Crippen LogP contribution in [0.2, 0.25) is 0 Å². The zero-order chi connectivity index (χ0) is 50.6. The molecule has 8 rings (SSSR count). The van der Waals surface area contributed by atoms with Crippen LogP contribution in [0, 0.1) is 35.4 Å². The van der Waals surface area contributed by atoms with E-state index in [1.807, 2.05) is 24.3 Å². The van der Waals surface area contributed by atoms with Crippen LogP contribution in [0.5, 0.6) is 0 Å². The Morgan fingerprint density at radius 1 is 0.667 bits per heavy atom. The molecule has 0 saturated heterocycles. The Morgan fingerprint density at radius 2 is 1.28 bits per heavy atom. The van der Waals surface area contributed by atoms with E-state index in [2.05, 4.69) is 53.0 Å². The molecule has 0 bridgehead atoms. The quantitative estimate of drug-likeness (QED) is 0.0196. The van der Waals surface area contributed by atoms with Crippen LogP contribution in [0.3, 0.4) is 0 Å². The summed E-state index contributed by atoms with van der Waals surface area (Å²) in [7, 11) is -1.73. The summed E-state index contributed by atoms with van der Waals surface area (Å²) in [4.78, 5) is 58.8. The third-order valence-corrected chi connectivity index (χ3v) is 12.7. The maximum Gasteiger partial charge on any atom is 0.252 e. The van der Waals surface area contributed by atoms with Gasteiger partial charge in [-0.2, -0.15) is 0 Å². The van der Waals surface area contributed by atoms with Crippen molar-refractivity contribution in [3.05, 3.63) is 181 Å². The molecule has 3 N–H and O–H groups in total. The van der Waals surface area contributed by atoms with Crippen LogP contribution in [-0.2, 0) is 39.8 Å². The third-order valence-electron chi connectivity index (χ3n) is 9.70. The minimum absolute atomic E-state index is 0. The van der Waals surface area contributed by atoms with Gasteiger partial charge in [0.05, 0.1) is 32.5 Å². The number of fused-ring (bicyclic) bond motifs is 3. The first kappa shape index (κ1) is 56.2. The first-order chi connectivity index (χ1) is 34.3. The Kier molecular flexibility index (Phi) is 22.2. The van der Waals surface area contributed by atoms with Crippen LogP contribution in [-0.4, -0.2) is 86.2 Å². The van der Waals surface area contributed by atoms with Gasteiger partial charge in [-0.1, -0.05) is 82.6 Å². The number of carbonyl (C=O) groups is 3. The van der Waals surface area contributed by atoms with E-state index < -0.39 is 57.0 Å². The van der Waals surface area contributed by atoms with Crippen LogP contribution in [0.1, 0.15) is 29.6 Å². The van der Waals surface area contributed by atoms with Crippen LogP contribution in [0.4, 0.5) is 17.6 Å². The number of amides is 3. The Morgan fingerprint density at radius 3 is 1.86 bits per heavy atom. The van der Waals surface area contributed by atoms with Crippen molar-refractivity contribution in [1.29, 1.82) is 0 Å². The predicted octanol–water partition coefficient (Wildman–Crippen LogP) is 8.32. The van der Waals surface area contributed by atoms with Gasteiger partial charge in [0.25, 0.3) is 5.91 Å². The summed E-state index contributed by atoms with van der Waals surface area (Å²) in [5.41, 5.74) is 2.47. The summed E-state index contributed by atoms with van der Waals surface area (Å²) >= 11 is 0. The molecule has 14 nitrogen and oxygen atoms in total. The van der Waals surface area contributed by atoms with Gasteiger partial charge in [-0.25, -0.2) is 13.4 Å². The Bertz CT molecular complexity index is 3090. The average Bonchev–Trinajstić information content (AvgIpc) is 3.36. The molecular formula is C50H41F4IrN8O6S3-3.